The monoisotopic (exact) mass is 294 g/mol. The first-order chi connectivity index (χ1) is 9.33. The Bertz CT molecular complexity index is 652. The number of aromatic nitrogens is 4. The van der Waals surface area contributed by atoms with E-state index < -0.39 is 11.4 Å². The van der Waals surface area contributed by atoms with E-state index in [9.17, 15) is 9.90 Å². The first-order valence-corrected chi connectivity index (χ1v) is 6.46. The number of carbonyl (C=O) groups is 1. The molecule has 2 rings (SSSR count). The Morgan fingerprint density at radius 3 is 2.80 bits per heavy atom. The highest BCUT2D eigenvalue weighted by Crippen LogP contribution is 2.28. The number of tetrazole rings is 1. The van der Waals surface area contributed by atoms with E-state index in [0.29, 0.717) is 10.8 Å². The molecule has 0 atom stereocenters. The molecule has 1 N–H and O–H groups in total. The van der Waals surface area contributed by atoms with Gasteiger partial charge in [-0.05, 0) is 42.8 Å². The fraction of sp³-hybridized carbons (Fsp3) is 0.385. The molecule has 0 radical (unpaired) electrons. The zero-order valence-electron chi connectivity index (χ0n) is 11.5. The van der Waals surface area contributed by atoms with Gasteiger partial charge in [-0.15, -0.1) is 5.10 Å². The maximum absolute atomic E-state index is 11.2. The first kappa shape index (κ1) is 14.5. The van der Waals surface area contributed by atoms with Crippen molar-refractivity contribution in [3.63, 3.8) is 0 Å². The van der Waals surface area contributed by atoms with Gasteiger partial charge in [0.2, 0.25) is 0 Å². The molecule has 2 aromatic rings. The van der Waals surface area contributed by atoms with Crippen LogP contribution in [-0.4, -0.2) is 31.3 Å². The second kappa shape index (κ2) is 5.20. The summed E-state index contributed by atoms with van der Waals surface area (Å²) < 4.78 is 1.49. The van der Waals surface area contributed by atoms with Crippen molar-refractivity contribution in [2.75, 3.05) is 0 Å². The Morgan fingerprint density at radius 2 is 2.15 bits per heavy atom. The van der Waals surface area contributed by atoms with Crippen LogP contribution >= 0.6 is 11.6 Å². The van der Waals surface area contributed by atoms with Gasteiger partial charge in [0, 0.05) is 10.6 Å². The number of halogens is 1. The molecule has 1 aromatic heterocycles. The van der Waals surface area contributed by atoms with Gasteiger partial charge in [-0.3, -0.25) is 4.79 Å². The molecule has 20 heavy (non-hydrogen) atoms. The standard InChI is InChI=1S/C13H15ClN4O2/c1-8-9(5-4-6-10(8)14)11-15-16-17-18(11)7-13(2,3)12(19)20/h4-6H,7H2,1-3H3,(H,19,20). The van der Waals surface area contributed by atoms with Crippen LogP contribution in [0.5, 0.6) is 0 Å². The number of carboxylic acids is 1. The van der Waals surface area contributed by atoms with Gasteiger partial charge in [-0.2, -0.15) is 0 Å². The number of carboxylic acid groups (broad SMARTS) is 1. The quantitative estimate of drug-likeness (QED) is 0.936. The molecule has 0 aliphatic carbocycles. The SMILES string of the molecule is Cc1c(Cl)cccc1-c1nnnn1CC(C)(C)C(=O)O. The molecule has 0 saturated heterocycles. The minimum atomic E-state index is -0.962. The summed E-state index contributed by atoms with van der Waals surface area (Å²) >= 11 is 6.09. The van der Waals surface area contributed by atoms with Crippen LogP contribution in [-0.2, 0) is 11.3 Å². The van der Waals surface area contributed by atoms with Crippen LogP contribution < -0.4 is 0 Å². The van der Waals surface area contributed by atoms with Gasteiger partial charge < -0.3 is 5.11 Å². The predicted molar refractivity (Wildman–Crippen MR) is 74.4 cm³/mol. The van der Waals surface area contributed by atoms with Gasteiger partial charge in [-0.1, -0.05) is 23.7 Å². The van der Waals surface area contributed by atoms with Crippen molar-refractivity contribution < 1.29 is 9.90 Å². The van der Waals surface area contributed by atoms with Crippen molar-refractivity contribution in [3.8, 4) is 11.4 Å². The lowest BCUT2D eigenvalue weighted by molar-refractivity contribution is -0.147. The van der Waals surface area contributed by atoms with E-state index in [1.54, 1.807) is 19.9 Å². The molecule has 0 bridgehead atoms. The molecule has 106 valence electrons. The molecule has 7 heteroatoms. The van der Waals surface area contributed by atoms with Gasteiger partial charge in [0.05, 0.1) is 12.0 Å². The van der Waals surface area contributed by atoms with Crippen LogP contribution in [0.1, 0.15) is 19.4 Å². The van der Waals surface area contributed by atoms with Crippen molar-refractivity contribution in [2.45, 2.75) is 27.3 Å². The number of nitrogens with zero attached hydrogens (tertiary/aromatic N) is 4. The number of rotatable bonds is 4. The van der Waals surface area contributed by atoms with Gasteiger partial charge in [0.1, 0.15) is 0 Å². The zero-order chi connectivity index (χ0) is 14.9. The van der Waals surface area contributed by atoms with Crippen LogP contribution in [0.2, 0.25) is 5.02 Å². The highest BCUT2D eigenvalue weighted by Gasteiger charge is 2.29. The maximum atomic E-state index is 11.2. The average molecular weight is 295 g/mol. The van der Waals surface area contributed by atoms with Crippen molar-refractivity contribution in [1.82, 2.24) is 20.2 Å². The highest BCUT2D eigenvalue weighted by atomic mass is 35.5. The molecule has 0 unspecified atom stereocenters. The zero-order valence-corrected chi connectivity index (χ0v) is 12.2. The van der Waals surface area contributed by atoms with E-state index in [2.05, 4.69) is 15.5 Å². The number of aliphatic carboxylic acids is 1. The van der Waals surface area contributed by atoms with Crippen LogP contribution in [0.4, 0.5) is 0 Å². The number of hydrogen-bond donors (Lipinski definition) is 1. The first-order valence-electron chi connectivity index (χ1n) is 6.08. The van der Waals surface area contributed by atoms with Crippen molar-refractivity contribution in [1.29, 1.82) is 0 Å². The molecule has 0 aliphatic rings. The summed E-state index contributed by atoms with van der Waals surface area (Å²) in [5, 5.41) is 21.3. The fourth-order valence-electron chi connectivity index (χ4n) is 1.80. The van der Waals surface area contributed by atoms with Gasteiger partial charge in [0.25, 0.3) is 0 Å². The summed E-state index contributed by atoms with van der Waals surface area (Å²) in [6, 6.07) is 5.46. The smallest absolute Gasteiger partial charge is 0.310 e. The average Bonchev–Trinajstić information content (AvgIpc) is 2.80. The van der Waals surface area contributed by atoms with E-state index in [1.807, 2.05) is 19.1 Å². The molecular formula is C13H15ClN4O2. The molecule has 6 nitrogen and oxygen atoms in total. The van der Waals surface area contributed by atoms with E-state index in [0.717, 1.165) is 11.1 Å². The molecule has 1 heterocycles. The molecule has 0 aliphatic heterocycles. The molecule has 1 aromatic carbocycles. The van der Waals surface area contributed by atoms with E-state index >= 15 is 0 Å². The third kappa shape index (κ3) is 2.65. The largest absolute Gasteiger partial charge is 0.481 e. The summed E-state index contributed by atoms with van der Waals surface area (Å²) in [5.41, 5.74) is 0.693. The van der Waals surface area contributed by atoms with Crippen LogP contribution in [0.3, 0.4) is 0 Å². The van der Waals surface area contributed by atoms with Crippen molar-refractivity contribution >= 4 is 17.6 Å². The van der Waals surface area contributed by atoms with Gasteiger partial charge >= 0.3 is 5.97 Å². The summed E-state index contributed by atoms with van der Waals surface area (Å²) in [5.74, 6) is -0.388. The van der Waals surface area contributed by atoms with Gasteiger partial charge in [-0.25, -0.2) is 4.68 Å². The Morgan fingerprint density at radius 1 is 1.45 bits per heavy atom. The predicted octanol–water partition coefficient (Wildman–Crippen LogP) is 2.41. The Labute approximate surface area is 121 Å². The lowest BCUT2D eigenvalue weighted by Crippen LogP contribution is -2.30. The third-order valence-electron chi connectivity index (χ3n) is 3.16. The summed E-state index contributed by atoms with van der Waals surface area (Å²) in [6.45, 7) is 5.31. The topological polar surface area (TPSA) is 80.9 Å². The number of hydrogen-bond acceptors (Lipinski definition) is 4. The normalized spacial score (nSPS) is 11.6. The minimum Gasteiger partial charge on any atom is -0.481 e. The van der Waals surface area contributed by atoms with Crippen molar-refractivity contribution in [3.05, 3.63) is 28.8 Å². The fourth-order valence-corrected chi connectivity index (χ4v) is 1.97. The second-order valence-electron chi connectivity index (χ2n) is 5.26. The van der Waals surface area contributed by atoms with Crippen LogP contribution in [0.25, 0.3) is 11.4 Å². The summed E-state index contributed by atoms with van der Waals surface area (Å²) in [7, 11) is 0. The lowest BCUT2D eigenvalue weighted by Gasteiger charge is -2.19. The lowest BCUT2D eigenvalue weighted by atomic mass is 9.94. The molecule has 0 amide bonds. The summed E-state index contributed by atoms with van der Waals surface area (Å²) in [4.78, 5) is 11.2. The van der Waals surface area contributed by atoms with Crippen LogP contribution in [0, 0.1) is 12.3 Å². The van der Waals surface area contributed by atoms with E-state index in [-0.39, 0.29) is 6.54 Å². The Balaban J connectivity index is 2.44. The highest BCUT2D eigenvalue weighted by molar-refractivity contribution is 6.31. The minimum absolute atomic E-state index is 0.177. The van der Waals surface area contributed by atoms with Crippen LogP contribution in [0.15, 0.2) is 18.2 Å². The van der Waals surface area contributed by atoms with E-state index in [4.69, 9.17) is 11.6 Å². The third-order valence-corrected chi connectivity index (χ3v) is 3.57. The molecule has 0 saturated carbocycles. The molecule has 0 fully saturated rings. The maximum Gasteiger partial charge on any atom is 0.310 e. The molecular weight excluding hydrogens is 280 g/mol. The molecule has 0 spiro atoms. The Hall–Kier alpha value is -1.95. The Kier molecular flexibility index (Phi) is 3.76. The van der Waals surface area contributed by atoms with Gasteiger partial charge in [0.15, 0.2) is 5.82 Å². The van der Waals surface area contributed by atoms with E-state index in [1.165, 1.54) is 4.68 Å². The number of benzene rings is 1. The van der Waals surface area contributed by atoms with Crippen molar-refractivity contribution in [2.24, 2.45) is 5.41 Å². The second-order valence-corrected chi connectivity index (χ2v) is 5.67. The summed E-state index contributed by atoms with van der Waals surface area (Å²) in [6.07, 6.45) is 0.